The molecule has 1 N–H and O–H groups in total. The highest BCUT2D eigenvalue weighted by molar-refractivity contribution is 5.28. The van der Waals surface area contributed by atoms with Crippen LogP contribution in [0.1, 0.15) is 35.5 Å². The van der Waals surface area contributed by atoms with Gasteiger partial charge in [-0.1, -0.05) is 13.0 Å². The Balaban J connectivity index is 2.22. The number of aromatic nitrogens is 2. The Bertz CT molecular complexity index is 578. The van der Waals surface area contributed by atoms with Crippen molar-refractivity contribution in [2.45, 2.75) is 32.8 Å². The second kappa shape index (κ2) is 5.53. The average molecular weight is 262 g/mol. The van der Waals surface area contributed by atoms with Crippen LogP contribution in [0.15, 0.2) is 24.3 Å². The highest BCUT2D eigenvalue weighted by Crippen LogP contribution is 2.21. The Morgan fingerprint density at radius 3 is 2.74 bits per heavy atom. The molecule has 0 aliphatic carbocycles. The summed E-state index contributed by atoms with van der Waals surface area (Å²) in [6.07, 6.45) is 0.560. The lowest BCUT2D eigenvalue weighted by atomic mass is 10.0. The monoisotopic (exact) mass is 262 g/mol. The predicted molar refractivity (Wildman–Crippen MR) is 72.4 cm³/mol. The maximum absolute atomic E-state index is 13.2. The van der Waals surface area contributed by atoms with Crippen molar-refractivity contribution in [1.29, 1.82) is 0 Å². The lowest BCUT2D eigenvalue weighted by Crippen LogP contribution is -2.08. The lowest BCUT2D eigenvalue weighted by Gasteiger charge is -2.13. The van der Waals surface area contributed by atoms with Gasteiger partial charge in [-0.15, -0.1) is 0 Å². The van der Waals surface area contributed by atoms with Gasteiger partial charge in [0, 0.05) is 13.5 Å². The number of nitrogens with zero attached hydrogens (tertiary/aromatic N) is 2. The molecule has 2 aromatic rings. The third-order valence-electron chi connectivity index (χ3n) is 3.39. The fraction of sp³-hybridized carbons (Fsp3) is 0.400. The molecule has 1 heterocycles. The van der Waals surface area contributed by atoms with Gasteiger partial charge in [-0.25, -0.2) is 4.39 Å². The van der Waals surface area contributed by atoms with E-state index in [-0.39, 0.29) is 5.82 Å². The number of aryl methyl sites for hydroxylation is 3. The van der Waals surface area contributed by atoms with E-state index in [1.165, 1.54) is 12.1 Å². The van der Waals surface area contributed by atoms with E-state index >= 15 is 0 Å². The molecule has 0 saturated heterocycles. The van der Waals surface area contributed by atoms with E-state index in [2.05, 4.69) is 5.10 Å². The fourth-order valence-electron chi connectivity index (χ4n) is 2.20. The van der Waals surface area contributed by atoms with E-state index in [9.17, 15) is 9.50 Å². The smallest absolute Gasteiger partial charge is 0.123 e. The number of hydrogen-bond donors (Lipinski definition) is 1. The first kappa shape index (κ1) is 13.7. The van der Waals surface area contributed by atoms with E-state index < -0.39 is 6.10 Å². The van der Waals surface area contributed by atoms with Crippen molar-refractivity contribution >= 4 is 0 Å². The highest BCUT2D eigenvalue weighted by Gasteiger charge is 2.15. The molecule has 0 amide bonds. The largest absolute Gasteiger partial charge is 0.386 e. The number of rotatable bonds is 4. The molecule has 19 heavy (non-hydrogen) atoms. The summed E-state index contributed by atoms with van der Waals surface area (Å²) < 4.78 is 14.9. The van der Waals surface area contributed by atoms with E-state index in [0.717, 1.165) is 28.9 Å². The summed E-state index contributed by atoms with van der Waals surface area (Å²) in [7, 11) is 1.82. The summed E-state index contributed by atoms with van der Waals surface area (Å²) >= 11 is 0. The molecule has 1 aromatic carbocycles. The van der Waals surface area contributed by atoms with Gasteiger partial charge < -0.3 is 5.11 Å². The maximum Gasteiger partial charge on any atom is 0.123 e. The first-order chi connectivity index (χ1) is 9.01. The second-order valence-electron chi connectivity index (χ2n) is 4.83. The van der Waals surface area contributed by atoms with Gasteiger partial charge in [-0.3, -0.25) is 4.68 Å². The molecule has 1 unspecified atom stereocenters. The van der Waals surface area contributed by atoms with Gasteiger partial charge in [-0.2, -0.15) is 5.10 Å². The first-order valence-electron chi connectivity index (χ1n) is 6.47. The van der Waals surface area contributed by atoms with E-state index in [1.54, 1.807) is 10.7 Å². The molecule has 0 aliphatic rings. The molecule has 1 aromatic heterocycles. The van der Waals surface area contributed by atoms with E-state index in [4.69, 9.17) is 0 Å². The van der Waals surface area contributed by atoms with Crippen molar-refractivity contribution < 1.29 is 9.50 Å². The summed E-state index contributed by atoms with van der Waals surface area (Å²) in [6.45, 7) is 3.94. The number of aliphatic hydroxyl groups is 1. The molecule has 0 fully saturated rings. The third-order valence-corrected chi connectivity index (χ3v) is 3.39. The van der Waals surface area contributed by atoms with Gasteiger partial charge in [0.2, 0.25) is 0 Å². The van der Waals surface area contributed by atoms with Crippen LogP contribution in [0.5, 0.6) is 0 Å². The second-order valence-corrected chi connectivity index (χ2v) is 4.83. The Hall–Kier alpha value is -1.68. The van der Waals surface area contributed by atoms with Crippen LogP contribution in [-0.4, -0.2) is 14.9 Å². The zero-order valence-corrected chi connectivity index (χ0v) is 11.5. The van der Waals surface area contributed by atoms with Crippen LogP contribution < -0.4 is 0 Å². The normalized spacial score (nSPS) is 12.7. The number of benzene rings is 1. The molecule has 1 atom stereocenters. The minimum Gasteiger partial charge on any atom is -0.386 e. The quantitative estimate of drug-likeness (QED) is 0.920. The van der Waals surface area contributed by atoms with E-state index in [1.807, 2.05) is 27.0 Å². The van der Waals surface area contributed by atoms with Gasteiger partial charge in [-0.05, 0) is 42.7 Å². The van der Waals surface area contributed by atoms with Crippen LogP contribution in [0.2, 0.25) is 0 Å². The highest BCUT2D eigenvalue weighted by atomic mass is 19.1. The summed E-state index contributed by atoms with van der Waals surface area (Å²) in [5, 5.41) is 14.6. The third kappa shape index (κ3) is 3.01. The number of halogens is 1. The molecule has 102 valence electrons. The van der Waals surface area contributed by atoms with Crippen LogP contribution in [0.25, 0.3) is 0 Å². The number of hydrogen-bond acceptors (Lipinski definition) is 2. The Morgan fingerprint density at radius 1 is 1.37 bits per heavy atom. The lowest BCUT2D eigenvalue weighted by molar-refractivity contribution is 0.168. The molecule has 0 spiro atoms. The van der Waals surface area contributed by atoms with Gasteiger partial charge in [0.25, 0.3) is 0 Å². The molecule has 4 heteroatoms. The van der Waals surface area contributed by atoms with Crippen LogP contribution in [0.3, 0.4) is 0 Å². The van der Waals surface area contributed by atoms with E-state index in [0.29, 0.717) is 6.42 Å². The molecule has 3 nitrogen and oxygen atoms in total. The zero-order valence-electron chi connectivity index (χ0n) is 11.5. The minimum absolute atomic E-state index is 0.271. The zero-order chi connectivity index (χ0) is 14.0. The van der Waals surface area contributed by atoms with Gasteiger partial charge in [0.1, 0.15) is 5.82 Å². The Labute approximate surface area is 112 Å². The van der Waals surface area contributed by atoms with Crippen molar-refractivity contribution in [3.63, 3.8) is 0 Å². The summed E-state index contributed by atoms with van der Waals surface area (Å²) in [6, 6.07) is 6.55. The Kier molecular flexibility index (Phi) is 4.00. The standard InChI is InChI=1S/C15H19FN2O/c1-4-13-9-14(18(3)17-13)15(19)8-11-7-12(16)6-5-10(11)2/h5-7,9,15,19H,4,8H2,1-3H3. The van der Waals surface area contributed by atoms with Crippen molar-refractivity contribution in [2.24, 2.45) is 7.05 Å². The van der Waals surface area contributed by atoms with Crippen molar-refractivity contribution in [3.8, 4) is 0 Å². The van der Waals surface area contributed by atoms with Crippen LogP contribution in [0.4, 0.5) is 4.39 Å². The van der Waals surface area contributed by atoms with Gasteiger partial charge in [0.05, 0.1) is 17.5 Å². The summed E-state index contributed by atoms with van der Waals surface area (Å²) in [4.78, 5) is 0. The number of aliphatic hydroxyl groups excluding tert-OH is 1. The molecule has 0 radical (unpaired) electrons. The molecule has 2 rings (SSSR count). The molecule has 0 bridgehead atoms. The van der Waals surface area contributed by atoms with Crippen LogP contribution >= 0.6 is 0 Å². The fourth-order valence-corrected chi connectivity index (χ4v) is 2.20. The predicted octanol–water partition coefficient (Wildman–Crippen LogP) is 2.71. The Morgan fingerprint density at radius 2 is 2.11 bits per heavy atom. The summed E-state index contributed by atoms with van der Waals surface area (Å²) in [5.74, 6) is -0.271. The van der Waals surface area contributed by atoms with Crippen molar-refractivity contribution in [2.75, 3.05) is 0 Å². The minimum atomic E-state index is -0.668. The average Bonchev–Trinajstić information content (AvgIpc) is 2.75. The SMILES string of the molecule is CCc1cc(C(O)Cc2cc(F)ccc2C)n(C)n1. The maximum atomic E-state index is 13.2. The van der Waals surface area contributed by atoms with Crippen molar-refractivity contribution in [3.05, 3.63) is 52.6 Å². The molecular formula is C15H19FN2O. The molecule has 0 aliphatic heterocycles. The van der Waals surface area contributed by atoms with Gasteiger partial charge in [0.15, 0.2) is 0 Å². The topological polar surface area (TPSA) is 38.0 Å². The van der Waals surface area contributed by atoms with Crippen LogP contribution in [-0.2, 0) is 19.9 Å². The summed E-state index contributed by atoms with van der Waals surface area (Å²) in [5.41, 5.74) is 3.53. The first-order valence-corrected chi connectivity index (χ1v) is 6.47. The molecule has 0 saturated carbocycles. The van der Waals surface area contributed by atoms with Gasteiger partial charge >= 0.3 is 0 Å². The van der Waals surface area contributed by atoms with Crippen molar-refractivity contribution in [1.82, 2.24) is 9.78 Å². The molecular weight excluding hydrogens is 243 g/mol. The van der Waals surface area contributed by atoms with Crippen LogP contribution in [0, 0.1) is 12.7 Å².